The number of likely N-dealkylation sites (tertiary alicyclic amines) is 1. The molecule has 0 amide bonds. The van der Waals surface area contributed by atoms with Crippen molar-refractivity contribution in [3.63, 3.8) is 0 Å². The highest BCUT2D eigenvalue weighted by Crippen LogP contribution is 2.19. The third kappa shape index (κ3) is 3.09. The summed E-state index contributed by atoms with van der Waals surface area (Å²) < 4.78 is 0. The van der Waals surface area contributed by atoms with Crippen LogP contribution in [0.5, 0.6) is 0 Å². The summed E-state index contributed by atoms with van der Waals surface area (Å²) in [6, 6.07) is 0. The lowest BCUT2D eigenvalue weighted by atomic mass is 9.95. The van der Waals surface area contributed by atoms with Crippen LogP contribution in [0, 0.1) is 0 Å². The second-order valence-corrected chi connectivity index (χ2v) is 4.18. The quantitative estimate of drug-likeness (QED) is 0.627. The summed E-state index contributed by atoms with van der Waals surface area (Å²) in [7, 11) is 0. The zero-order valence-electron chi connectivity index (χ0n) is 7.95. The Hall–Kier alpha value is -0.120. The van der Waals surface area contributed by atoms with Crippen molar-refractivity contribution in [2.75, 3.05) is 19.6 Å². The molecule has 2 N–H and O–H groups in total. The van der Waals surface area contributed by atoms with E-state index in [-0.39, 0.29) is 6.10 Å². The number of aliphatic hydroxyl groups is 2. The van der Waals surface area contributed by atoms with E-state index in [2.05, 4.69) is 4.90 Å². The zero-order chi connectivity index (χ0) is 9.19. The van der Waals surface area contributed by atoms with Gasteiger partial charge in [-0.15, -0.1) is 0 Å². The first-order valence-electron chi connectivity index (χ1n) is 4.62. The van der Waals surface area contributed by atoms with Crippen LogP contribution in [0.4, 0.5) is 0 Å². The number of nitrogens with zero attached hydrogens (tertiary/aromatic N) is 1. The summed E-state index contributed by atoms with van der Waals surface area (Å²) in [6.45, 7) is 6.01. The van der Waals surface area contributed by atoms with E-state index in [9.17, 15) is 5.11 Å². The van der Waals surface area contributed by atoms with Gasteiger partial charge in [0.05, 0.1) is 11.7 Å². The van der Waals surface area contributed by atoms with Gasteiger partial charge >= 0.3 is 0 Å². The SMILES string of the molecule is C[C@H](O)CN1CCCC(C)(O)C1. The van der Waals surface area contributed by atoms with E-state index < -0.39 is 5.60 Å². The molecule has 1 rings (SSSR count). The largest absolute Gasteiger partial charge is 0.392 e. The highest BCUT2D eigenvalue weighted by atomic mass is 16.3. The number of aliphatic hydroxyl groups excluding tert-OH is 1. The summed E-state index contributed by atoms with van der Waals surface area (Å²) in [4.78, 5) is 2.12. The molecule has 0 aromatic carbocycles. The van der Waals surface area contributed by atoms with Gasteiger partial charge in [-0.05, 0) is 33.2 Å². The van der Waals surface area contributed by atoms with E-state index in [1.807, 2.05) is 6.92 Å². The second-order valence-electron chi connectivity index (χ2n) is 4.18. The molecule has 1 aliphatic heterocycles. The van der Waals surface area contributed by atoms with Crippen molar-refractivity contribution in [3.05, 3.63) is 0 Å². The van der Waals surface area contributed by atoms with Gasteiger partial charge in [0.15, 0.2) is 0 Å². The van der Waals surface area contributed by atoms with E-state index in [1.54, 1.807) is 6.92 Å². The molecule has 1 fully saturated rings. The van der Waals surface area contributed by atoms with Crippen molar-refractivity contribution in [3.8, 4) is 0 Å². The molecule has 1 heterocycles. The lowest BCUT2D eigenvalue weighted by Gasteiger charge is -2.37. The summed E-state index contributed by atoms with van der Waals surface area (Å²) >= 11 is 0. The number of piperidine rings is 1. The van der Waals surface area contributed by atoms with Crippen molar-refractivity contribution >= 4 is 0 Å². The Kier molecular flexibility index (Phi) is 3.09. The van der Waals surface area contributed by atoms with Gasteiger partial charge in [-0.2, -0.15) is 0 Å². The van der Waals surface area contributed by atoms with Gasteiger partial charge in [0.1, 0.15) is 0 Å². The van der Waals surface area contributed by atoms with Crippen molar-refractivity contribution in [1.29, 1.82) is 0 Å². The van der Waals surface area contributed by atoms with Crippen LogP contribution < -0.4 is 0 Å². The second kappa shape index (κ2) is 3.73. The lowest BCUT2D eigenvalue weighted by molar-refractivity contribution is -0.0260. The third-order valence-electron chi connectivity index (χ3n) is 2.28. The Morgan fingerprint density at radius 2 is 2.25 bits per heavy atom. The molecule has 3 nitrogen and oxygen atoms in total. The molecule has 2 atom stereocenters. The minimum absolute atomic E-state index is 0.293. The third-order valence-corrected chi connectivity index (χ3v) is 2.28. The molecule has 0 aromatic rings. The number of hydrogen-bond donors (Lipinski definition) is 2. The zero-order valence-corrected chi connectivity index (χ0v) is 7.95. The van der Waals surface area contributed by atoms with E-state index in [0.717, 1.165) is 19.4 Å². The smallest absolute Gasteiger partial charge is 0.0746 e. The first-order valence-corrected chi connectivity index (χ1v) is 4.62. The molecule has 1 saturated heterocycles. The van der Waals surface area contributed by atoms with Crippen LogP contribution in [0.2, 0.25) is 0 Å². The standard InChI is InChI=1S/C9H19NO2/c1-8(11)6-10-5-3-4-9(2,12)7-10/h8,11-12H,3-7H2,1-2H3/t8-,9?/m0/s1. The number of β-amino-alcohol motifs (C(OH)–C–C–N with tert-alkyl or cyclic N) is 2. The van der Waals surface area contributed by atoms with Crippen LogP contribution in [0.15, 0.2) is 0 Å². The fraction of sp³-hybridized carbons (Fsp3) is 1.00. The van der Waals surface area contributed by atoms with Gasteiger partial charge in [0.2, 0.25) is 0 Å². The molecule has 0 aromatic heterocycles. The molecule has 0 saturated carbocycles. The Morgan fingerprint density at radius 1 is 1.58 bits per heavy atom. The number of rotatable bonds is 2. The van der Waals surface area contributed by atoms with Gasteiger partial charge in [0, 0.05) is 13.1 Å². The van der Waals surface area contributed by atoms with Crippen LogP contribution in [-0.4, -0.2) is 46.5 Å². The maximum absolute atomic E-state index is 9.73. The summed E-state index contributed by atoms with van der Waals surface area (Å²) in [6.07, 6.45) is 1.61. The average molecular weight is 173 g/mol. The topological polar surface area (TPSA) is 43.7 Å². The van der Waals surface area contributed by atoms with Crippen molar-refractivity contribution in [2.24, 2.45) is 0 Å². The van der Waals surface area contributed by atoms with Gasteiger partial charge in [0.25, 0.3) is 0 Å². The Bertz CT molecular complexity index is 145. The van der Waals surface area contributed by atoms with Crippen LogP contribution in [0.25, 0.3) is 0 Å². The Morgan fingerprint density at radius 3 is 2.75 bits per heavy atom. The van der Waals surface area contributed by atoms with E-state index in [1.165, 1.54) is 0 Å². The molecule has 1 unspecified atom stereocenters. The highest BCUT2D eigenvalue weighted by Gasteiger charge is 2.28. The average Bonchev–Trinajstić information content (AvgIpc) is 1.82. The van der Waals surface area contributed by atoms with Crippen LogP contribution in [0.3, 0.4) is 0 Å². The highest BCUT2D eigenvalue weighted by molar-refractivity contribution is 4.83. The van der Waals surface area contributed by atoms with Crippen molar-refractivity contribution < 1.29 is 10.2 Å². The monoisotopic (exact) mass is 173 g/mol. The van der Waals surface area contributed by atoms with Crippen molar-refractivity contribution in [1.82, 2.24) is 4.90 Å². The predicted octanol–water partition coefficient (Wildman–Crippen LogP) is 0.214. The lowest BCUT2D eigenvalue weighted by Crippen LogP contribution is -2.48. The van der Waals surface area contributed by atoms with Crippen LogP contribution >= 0.6 is 0 Å². The van der Waals surface area contributed by atoms with E-state index in [4.69, 9.17) is 5.11 Å². The summed E-state index contributed by atoms with van der Waals surface area (Å²) in [5, 5.41) is 18.9. The maximum Gasteiger partial charge on any atom is 0.0746 e. The minimum Gasteiger partial charge on any atom is -0.392 e. The first kappa shape index (κ1) is 9.96. The minimum atomic E-state index is -0.548. The molecule has 0 spiro atoms. The molecule has 1 aliphatic rings. The molecule has 0 radical (unpaired) electrons. The Balaban J connectivity index is 2.36. The van der Waals surface area contributed by atoms with E-state index in [0.29, 0.717) is 13.1 Å². The van der Waals surface area contributed by atoms with Gasteiger partial charge in [-0.1, -0.05) is 0 Å². The van der Waals surface area contributed by atoms with Crippen LogP contribution in [0.1, 0.15) is 26.7 Å². The summed E-state index contributed by atoms with van der Waals surface area (Å²) in [5.74, 6) is 0. The molecular formula is C9H19NO2. The summed E-state index contributed by atoms with van der Waals surface area (Å²) in [5.41, 5.74) is -0.548. The van der Waals surface area contributed by atoms with Crippen LogP contribution in [-0.2, 0) is 0 Å². The molecule has 3 heteroatoms. The number of hydrogen-bond acceptors (Lipinski definition) is 3. The van der Waals surface area contributed by atoms with E-state index >= 15 is 0 Å². The molecule has 12 heavy (non-hydrogen) atoms. The fourth-order valence-corrected chi connectivity index (χ4v) is 1.85. The van der Waals surface area contributed by atoms with Gasteiger partial charge in [-0.25, -0.2) is 0 Å². The normalized spacial score (nSPS) is 35.0. The maximum atomic E-state index is 9.73. The Labute approximate surface area is 74.0 Å². The molecular weight excluding hydrogens is 154 g/mol. The molecule has 72 valence electrons. The first-order chi connectivity index (χ1) is 5.49. The molecule has 0 aliphatic carbocycles. The predicted molar refractivity (Wildman–Crippen MR) is 48.0 cm³/mol. The molecule has 0 bridgehead atoms. The van der Waals surface area contributed by atoms with Crippen molar-refractivity contribution in [2.45, 2.75) is 38.4 Å². The fourth-order valence-electron chi connectivity index (χ4n) is 1.85. The van der Waals surface area contributed by atoms with Gasteiger partial charge in [-0.3, -0.25) is 4.90 Å². The van der Waals surface area contributed by atoms with Gasteiger partial charge < -0.3 is 10.2 Å².